The summed E-state index contributed by atoms with van der Waals surface area (Å²) in [6, 6.07) is 4.46. The first-order valence-electron chi connectivity index (χ1n) is 7.74. The van der Waals surface area contributed by atoms with Gasteiger partial charge in [0.25, 0.3) is 0 Å². The van der Waals surface area contributed by atoms with Crippen molar-refractivity contribution in [2.24, 2.45) is 0 Å². The highest BCUT2D eigenvalue weighted by Crippen LogP contribution is 2.22. The van der Waals surface area contributed by atoms with E-state index in [1.165, 1.54) is 41.5 Å². The molecule has 0 aliphatic carbocycles. The molecule has 2 atom stereocenters. The van der Waals surface area contributed by atoms with E-state index in [9.17, 15) is 8.76 Å². The van der Waals surface area contributed by atoms with Crippen molar-refractivity contribution in [1.82, 2.24) is 0 Å². The zero-order valence-electron chi connectivity index (χ0n) is 13.3. The highest BCUT2D eigenvalue weighted by molar-refractivity contribution is 7.79. The monoisotopic (exact) mass is 330 g/mol. The maximum absolute atomic E-state index is 11.4. The number of benzene rings is 1. The lowest BCUT2D eigenvalue weighted by Gasteiger charge is -2.17. The fourth-order valence-corrected chi connectivity index (χ4v) is 3.77. The Morgan fingerprint density at radius 3 is 2.33 bits per heavy atom. The first-order chi connectivity index (χ1) is 9.99. The molecular formula is C17H27ClO2S. The van der Waals surface area contributed by atoms with E-state index in [1.807, 2.05) is 0 Å². The fraction of sp³-hybridized carbons (Fsp3) is 0.647. The molecule has 0 bridgehead atoms. The number of unbranched alkanes of at least 4 members (excludes halogenated alkanes) is 2. The molecule has 0 heterocycles. The zero-order valence-corrected chi connectivity index (χ0v) is 14.9. The van der Waals surface area contributed by atoms with Gasteiger partial charge in [0.1, 0.15) is 0 Å². The molecule has 120 valence electrons. The van der Waals surface area contributed by atoms with E-state index >= 15 is 0 Å². The van der Waals surface area contributed by atoms with Crippen molar-refractivity contribution >= 4 is 22.7 Å². The molecule has 1 rings (SSSR count). The Hall–Kier alpha value is -0.380. The molecule has 1 N–H and O–H groups in total. The molecule has 0 radical (unpaired) electrons. The average molecular weight is 331 g/mol. The Morgan fingerprint density at radius 1 is 1.24 bits per heavy atom. The number of hydrogen-bond acceptors (Lipinski definition) is 1. The third kappa shape index (κ3) is 6.09. The largest absolute Gasteiger partial charge is 0.306 e. The molecule has 0 amide bonds. The van der Waals surface area contributed by atoms with Crippen molar-refractivity contribution < 1.29 is 8.76 Å². The van der Waals surface area contributed by atoms with E-state index in [0.717, 1.165) is 6.42 Å². The van der Waals surface area contributed by atoms with Crippen LogP contribution in [0.4, 0.5) is 0 Å². The second-order valence-electron chi connectivity index (χ2n) is 5.75. The Morgan fingerprint density at radius 2 is 1.86 bits per heavy atom. The molecular weight excluding hydrogens is 304 g/mol. The Balaban J connectivity index is 2.85. The molecule has 0 aliphatic rings. The summed E-state index contributed by atoms with van der Waals surface area (Å²) in [5.41, 5.74) is 5.03. The quantitative estimate of drug-likeness (QED) is 0.401. The molecule has 0 aromatic heterocycles. The normalized spacial score (nSPS) is 14.1. The number of hydrogen-bond donors (Lipinski definition) is 1. The number of aryl methyl sites for hydroxylation is 3. The average Bonchev–Trinajstić information content (AvgIpc) is 2.41. The third-order valence-electron chi connectivity index (χ3n) is 3.97. The van der Waals surface area contributed by atoms with Gasteiger partial charge in [-0.25, -0.2) is 4.21 Å². The van der Waals surface area contributed by atoms with E-state index in [0.29, 0.717) is 18.7 Å². The van der Waals surface area contributed by atoms with Gasteiger partial charge in [0, 0.05) is 5.88 Å². The fourth-order valence-electron chi connectivity index (χ4n) is 2.75. The minimum Gasteiger partial charge on any atom is -0.306 e. The first kappa shape index (κ1) is 18.7. The summed E-state index contributed by atoms with van der Waals surface area (Å²) in [6.45, 7) is 6.42. The third-order valence-corrected chi connectivity index (χ3v) is 5.16. The summed E-state index contributed by atoms with van der Waals surface area (Å²) in [7, 11) is 0. The van der Waals surface area contributed by atoms with E-state index in [-0.39, 0.29) is 5.25 Å². The summed E-state index contributed by atoms with van der Waals surface area (Å²) in [4.78, 5) is 0. The van der Waals surface area contributed by atoms with Crippen LogP contribution in [0, 0.1) is 13.8 Å². The Kier molecular flexibility index (Phi) is 8.53. The van der Waals surface area contributed by atoms with E-state index < -0.39 is 11.1 Å². The molecule has 0 saturated heterocycles. The van der Waals surface area contributed by atoms with Crippen LogP contribution in [-0.2, 0) is 23.9 Å². The van der Waals surface area contributed by atoms with E-state index in [4.69, 9.17) is 11.6 Å². The van der Waals surface area contributed by atoms with Gasteiger partial charge in [-0.2, -0.15) is 0 Å². The molecule has 0 aliphatic heterocycles. The van der Waals surface area contributed by atoms with Gasteiger partial charge in [-0.05, 0) is 61.8 Å². The van der Waals surface area contributed by atoms with Gasteiger partial charge in [-0.1, -0.05) is 31.9 Å². The predicted molar refractivity (Wildman–Crippen MR) is 92.7 cm³/mol. The molecule has 2 nitrogen and oxygen atoms in total. The molecule has 0 spiro atoms. The van der Waals surface area contributed by atoms with Gasteiger partial charge in [-0.3, -0.25) is 0 Å². The predicted octanol–water partition coefficient (Wildman–Crippen LogP) is 4.80. The lowest BCUT2D eigenvalue weighted by molar-refractivity contribution is 0.542. The molecule has 1 aromatic rings. The van der Waals surface area contributed by atoms with Crippen LogP contribution in [0.1, 0.15) is 54.9 Å². The zero-order chi connectivity index (χ0) is 15.8. The molecule has 4 heteroatoms. The minimum absolute atomic E-state index is 0.272. The van der Waals surface area contributed by atoms with Crippen molar-refractivity contribution in [3.63, 3.8) is 0 Å². The summed E-state index contributed by atoms with van der Waals surface area (Å²) in [6.07, 6.45) is 6.04. The summed E-state index contributed by atoms with van der Waals surface area (Å²) < 4.78 is 20.8. The van der Waals surface area contributed by atoms with Crippen molar-refractivity contribution in [3.05, 3.63) is 34.4 Å². The van der Waals surface area contributed by atoms with Crippen molar-refractivity contribution in [2.75, 3.05) is 5.88 Å². The highest BCUT2D eigenvalue weighted by Gasteiger charge is 2.18. The summed E-state index contributed by atoms with van der Waals surface area (Å²) >= 11 is 3.92. The standard InChI is InChI=1S/C17H27ClO2S/c1-4-5-6-7-15-10-13(2)17(14(3)11-15)12-16(8-9-18)21(19)20/h10-11,16H,4-9,12H2,1-3H3,(H,19,20). The van der Waals surface area contributed by atoms with E-state index in [2.05, 4.69) is 32.9 Å². The number of rotatable bonds is 9. The minimum atomic E-state index is -1.82. The van der Waals surface area contributed by atoms with Gasteiger partial charge in [0.15, 0.2) is 11.1 Å². The van der Waals surface area contributed by atoms with Gasteiger partial charge in [-0.15, -0.1) is 11.6 Å². The molecule has 0 saturated carbocycles. The smallest absolute Gasteiger partial charge is 0.156 e. The molecule has 2 unspecified atom stereocenters. The summed E-state index contributed by atoms with van der Waals surface area (Å²) in [5.74, 6) is 0.421. The van der Waals surface area contributed by atoms with Crippen LogP contribution in [-0.4, -0.2) is 19.9 Å². The van der Waals surface area contributed by atoms with Gasteiger partial charge >= 0.3 is 0 Å². The second kappa shape index (κ2) is 9.60. The van der Waals surface area contributed by atoms with Crippen LogP contribution in [0.3, 0.4) is 0 Å². The lowest BCUT2D eigenvalue weighted by Crippen LogP contribution is -2.19. The molecule has 0 fully saturated rings. The van der Waals surface area contributed by atoms with Crippen LogP contribution in [0.25, 0.3) is 0 Å². The maximum atomic E-state index is 11.4. The first-order valence-corrected chi connectivity index (χ1v) is 9.44. The summed E-state index contributed by atoms with van der Waals surface area (Å²) in [5, 5.41) is -0.272. The van der Waals surface area contributed by atoms with E-state index in [1.54, 1.807) is 0 Å². The Labute approximate surface area is 136 Å². The lowest BCUT2D eigenvalue weighted by atomic mass is 9.93. The van der Waals surface area contributed by atoms with Crippen LogP contribution in [0.15, 0.2) is 12.1 Å². The highest BCUT2D eigenvalue weighted by atomic mass is 35.5. The van der Waals surface area contributed by atoms with Crippen molar-refractivity contribution in [2.45, 2.75) is 64.5 Å². The number of halogens is 1. The number of alkyl halides is 1. The van der Waals surface area contributed by atoms with Crippen LogP contribution in [0.2, 0.25) is 0 Å². The van der Waals surface area contributed by atoms with Crippen LogP contribution >= 0.6 is 11.6 Å². The van der Waals surface area contributed by atoms with Crippen molar-refractivity contribution in [1.29, 1.82) is 0 Å². The van der Waals surface area contributed by atoms with Crippen LogP contribution in [0.5, 0.6) is 0 Å². The van der Waals surface area contributed by atoms with Gasteiger partial charge in [0.05, 0.1) is 5.25 Å². The molecule has 21 heavy (non-hydrogen) atoms. The van der Waals surface area contributed by atoms with Crippen molar-refractivity contribution in [3.8, 4) is 0 Å². The van der Waals surface area contributed by atoms with Crippen LogP contribution < -0.4 is 0 Å². The SMILES string of the molecule is CCCCCc1cc(C)c(CC(CCCl)S(=O)O)c(C)c1. The topological polar surface area (TPSA) is 37.3 Å². The Bertz CT molecular complexity index is 451. The second-order valence-corrected chi connectivity index (χ2v) is 7.34. The van der Waals surface area contributed by atoms with Gasteiger partial charge in [0.2, 0.25) is 0 Å². The molecule has 1 aromatic carbocycles. The van der Waals surface area contributed by atoms with Gasteiger partial charge < -0.3 is 4.55 Å². The maximum Gasteiger partial charge on any atom is 0.156 e.